The highest BCUT2D eigenvalue weighted by molar-refractivity contribution is 5.93. The highest BCUT2D eigenvalue weighted by Gasteiger charge is 2.10. The molecule has 0 unspecified atom stereocenters. The quantitative estimate of drug-likeness (QED) is 0.705. The maximum Gasteiger partial charge on any atom is 0.248 e. The Morgan fingerprint density at radius 1 is 1.00 bits per heavy atom. The standard InChI is InChI=1S/C19H20N6O2/c1-24(2)18(26)12-25-22-17(21-23-25)11-13-3-5-14(6-4-13)15-7-9-16(10-8-15)19(20)27/h3-10H,11-12H2,1-2H3,(H2,20,27). The van der Waals surface area contributed by atoms with Crippen LogP contribution in [0.1, 0.15) is 21.7 Å². The second kappa shape index (κ2) is 7.77. The average molecular weight is 364 g/mol. The molecule has 0 saturated carbocycles. The fourth-order valence-electron chi connectivity index (χ4n) is 2.50. The third-order valence-corrected chi connectivity index (χ3v) is 4.09. The number of hydrogen-bond donors (Lipinski definition) is 1. The van der Waals surface area contributed by atoms with E-state index >= 15 is 0 Å². The molecule has 0 saturated heterocycles. The molecule has 1 heterocycles. The normalized spacial score (nSPS) is 10.6. The molecule has 0 spiro atoms. The lowest BCUT2D eigenvalue weighted by molar-refractivity contribution is -0.129. The maximum absolute atomic E-state index is 11.7. The Kier molecular flexibility index (Phi) is 5.25. The Hall–Kier alpha value is -3.55. The zero-order valence-electron chi connectivity index (χ0n) is 15.2. The fraction of sp³-hybridized carbons (Fsp3) is 0.211. The van der Waals surface area contributed by atoms with Crippen molar-refractivity contribution in [2.24, 2.45) is 5.73 Å². The Bertz CT molecular complexity index is 945. The minimum atomic E-state index is -0.440. The third-order valence-electron chi connectivity index (χ3n) is 4.09. The topological polar surface area (TPSA) is 107 Å². The number of benzene rings is 2. The molecular weight excluding hydrogens is 344 g/mol. The van der Waals surface area contributed by atoms with Crippen LogP contribution in [-0.2, 0) is 17.8 Å². The van der Waals surface area contributed by atoms with Crippen LogP contribution in [0.2, 0.25) is 0 Å². The lowest BCUT2D eigenvalue weighted by atomic mass is 10.0. The molecule has 0 aliphatic heterocycles. The molecule has 138 valence electrons. The number of carbonyl (C=O) groups excluding carboxylic acids is 2. The number of likely N-dealkylation sites (N-methyl/N-ethyl adjacent to an activating group) is 1. The summed E-state index contributed by atoms with van der Waals surface area (Å²) in [5.41, 5.74) is 8.81. The summed E-state index contributed by atoms with van der Waals surface area (Å²) >= 11 is 0. The number of hydrogen-bond acceptors (Lipinski definition) is 5. The van der Waals surface area contributed by atoms with Crippen LogP contribution >= 0.6 is 0 Å². The van der Waals surface area contributed by atoms with E-state index in [1.54, 1.807) is 26.2 Å². The van der Waals surface area contributed by atoms with Gasteiger partial charge in [-0.05, 0) is 34.0 Å². The molecule has 27 heavy (non-hydrogen) atoms. The van der Waals surface area contributed by atoms with Gasteiger partial charge < -0.3 is 10.6 Å². The summed E-state index contributed by atoms with van der Waals surface area (Å²) in [4.78, 5) is 25.6. The van der Waals surface area contributed by atoms with E-state index in [1.807, 2.05) is 36.4 Å². The molecule has 2 aromatic carbocycles. The smallest absolute Gasteiger partial charge is 0.248 e. The number of nitrogens with two attached hydrogens (primary N) is 1. The third kappa shape index (κ3) is 4.55. The Labute approximate surface area is 156 Å². The summed E-state index contributed by atoms with van der Waals surface area (Å²) in [7, 11) is 3.37. The van der Waals surface area contributed by atoms with Gasteiger partial charge in [0.05, 0.1) is 0 Å². The Morgan fingerprint density at radius 3 is 2.15 bits per heavy atom. The Morgan fingerprint density at radius 2 is 1.59 bits per heavy atom. The maximum atomic E-state index is 11.7. The lowest BCUT2D eigenvalue weighted by Gasteiger charge is -2.08. The molecule has 3 rings (SSSR count). The number of primary amides is 1. The van der Waals surface area contributed by atoms with Crippen LogP contribution in [0.4, 0.5) is 0 Å². The SMILES string of the molecule is CN(C)C(=O)Cn1nnc(Cc2ccc(-c3ccc(C(N)=O)cc3)cc2)n1. The van der Waals surface area contributed by atoms with E-state index in [2.05, 4.69) is 15.4 Å². The van der Waals surface area contributed by atoms with Gasteiger partial charge in [0, 0.05) is 26.1 Å². The van der Waals surface area contributed by atoms with Crippen LogP contribution in [0, 0.1) is 0 Å². The molecule has 3 aromatic rings. The van der Waals surface area contributed by atoms with Crippen LogP contribution in [0.25, 0.3) is 11.1 Å². The van der Waals surface area contributed by atoms with Crippen LogP contribution < -0.4 is 5.73 Å². The van der Waals surface area contributed by atoms with Crippen molar-refractivity contribution < 1.29 is 9.59 Å². The first-order valence-electron chi connectivity index (χ1n) is 8.38. The van der Waals surface area contributed by atoms with Gasteiger partial charge in [0.1, 0.15) is 6.54 Å². The van der Waals surface area contributed by atoms with Gasteiger partial charge in [0.25, 0.3) is 0 Å². The number of tetrazole rings is 1. The van der Waals surface area contributed by atoms with Gasteiger partial charge in [-0.1, -0.05) is 36.4 Å². The number of aromatic nitrogens is 4. The van der Waals surface area contributed by atoms with Crippen molar-refractivity contribution >= 4 is 11.8 Å². The largest absolute Gasteiger partial charge is 0.366 e. The van der Waals surface area contributed by atoms with Crippen LogP contribution in [0.5, 0.6) is 0 Å². The van der Waals surface area contributed by atoms with Gasteiger partial charge >= 0.3 is 0 Å². The molecule has 0 fully saturated rings. The van der Waals surface area contributed by atoms with Crippen molar-refractivity contribution in [1.82, 2.24) is 25.1 Å². The summed E-state index contributed by atoms with van der Waals surface area (Å²) in [5.74, 6) is 0.0236. The van der Waals surface area contributed by atoms with E-state index < -0.39 is 5.91 Å². The molecule has 0 aliphatic rings. The van der Waals surface area contributed by atoms with Gasteiger partial charge in [-0.3, -0.25) is 9.59 Å². The fourth-order valence-corrected chi connectivity index (χ4v) is 2.50. The summed E-state index contributed by atoms with van der Waals surface area (Å²) in [5, 5.41) is 12.1. The highest BCUT2D eigenvalue weighted by atomic mass is 16.2. The molecule has 8 heteroatoms. The van der Waals surface area contributed by atoms with Crippen molar-refractivity contribution in [2.45, 2.75) is 13.0 Å². The predicted molar refractivity (Wildman–Crippen MR) is 99.7 cm³/mol. The van der Waals surface area contributed by atoms with Gasteiger partial charge in [0.2, 0.25) is 11.8 Å². The minimum absolute atomic E-state index is 0.0697. The average Bonchev–Trinajstić information content (AvgIpc) is 3.09. The minimum Gasteiger partial charge on any atom is -0.366 e. The van der Waals surface area contributed by atoms with Crippen molar-refractivity contribution in [3.63, 3.8) is 0 Å². The zero-order valence-corrected chi connectivity index (χ0v) is 15.2. The molecule has 0 aliphatic carbocycles. The van der Waals surface area contributed by atoms with Crippen LogP contribution in [-0.4, -0.2) is 51.0 Å². The van der Waals surface area contributed by atoms with Crippen molar-refractivity contribution in [3.05, 3.63) is 65.5 Å². The number of rotatable bonds is 6. The molecule has 0 atom stereocenters. The van der Waals surface area contributed by atoms with E-state index in [1.165, 1.54) is 9.70 Å². The molecule has 0 radical (unpaired) electrons. The van der Waals surface area contributed by atoms with Crippen molar-refractivity contribution in [1.29, 1.82) is 0 Å². The Balaban J connectivity index is 1.66. The van der Waals surface area contributed by atoms with Crippen molar-refractivity contribution in [2.75, 3.05) is 14.1 Å². The van der Waals surface area contributed by atoms with Crippen LogP contribution in [0.3, 0.4) is 0 Å². The monoisotopic (exact) mass is 364 g/mol. The van der Waals surface area contributed by atoms with Crippen LogP contribution in [0.15, 0.2) is 48.5 Å². The lowest BCUT2D eigenvalue weighted by Crippen LogP contribution is -2.27. The number of amides is 2. The molecule has 2 amide bonds. The molecular formula is C19H20N6O2. The van der Waals surface area contributed by atoms with Gasteiger partial charge in [-0.25, -0.2) is 0 Å². The highest BCUT2D eigenvalue weighted by Crippen LogP contribution is 2.21. The second-order valence-electron chi connectivity index (χ2n) is 6.34. The summed E-state index contributed by atoms with van der Waals surface area (Å²) < 4.78 is 0. The molecule has 0 bridgehead atoms. The first-order valence-corrected chi connectivity index (χ1v) is 8.38. The molecule has 1 aromatic heterocycles. The van der Waals surface area contributed by atoms with E-state index in [0.29, 0.717) is 17.8 Å². The number of carbonyl (C=O) groups is 2. The van der Waals surface area contributed by atoms with E-state index in [-0.39, 0.29) is 12.5 Å². The van der Waals surface area contributed by atoms with E-state index in [0.717, 1.165) is 16.7 Å². The summed E-state index contributed by atoms with van der Waals surface area (Å²) in [6, 6.07) is 15.1. The predicted octanol–water partition coefficient (Wildman–Crippen LogP) is 1.12. The second-order valence-corrected chi connectivity index (χ2v) is 6.34. The van der Waals surface area contributed by atoms with Gasteiger partial charge in [0.15, 0.2) is 5.82 Å². The number of nitrogens with zero attached hydrogens (tertiary/aromatic N) is 5. The zero-order chi connectivity index (χ0) is 19.4. The van der Waals surface area contributed by atoms with Gasteiger partial charge in [-0.2, -0.15) is 4.80 Å². The van der Waals surface area contributed by atoms with Crippen molar-refractivity contribution in [3.8, 4) is 11.1 Å². The first-order chi connectivity index (χ1) is 12.9. The van der Waals surface area contributed by atoms with Gasteiger partial charge in [-0.15, -0.1) is 10.2 Å². The summed E-state index contributed by atoms with van der Waals surface area (Å²) in [6.45, 7) is 0.0697. The van der Waals surface area contributed by atoms with E-state index in [4.69, 9.17) is 5.73 Å². The first kappa shape index (κ1) is 18.2. The molecule has 8 nitrogen and oxygen atoms in total. The molecule has 2 N–H and O–H groups in total. The van der Waals surface area contributed by atoms with E-state index in [9.17, 15) is 9.59 Å². The summed E-state index contributed by atoms with van der Waals surface area (Å²) in [6.07, 6.45) is 0.525.